The van der Waals surface area contributed by atoms with Crippen molar-refractivity contribution in [3.8, 4) is 5.75 Å². The van der Waals surface area contributed by atoms with E-state index in [9.17, 15) is 4.79 Å². The molecule has 0 radical (unpaired) electrons. The van der Waals surface area contributed by atoms with Crippen LogP contribution < -0.4 is 4.74 Å². The molecule has 1 aromatic heterocycles. The standard InChI is InChI=1S/C22H27ClN4O2/c1-3-26-10-6-8-18(26)12-27(14-20-19(23)13-25(2)24-20)22(28)17-11-16-7-4-5-9-21(16)29-15-17/h4-5,7,9,11,13,18H,3,6,8,10,12,14-15H2,1-2H3. The number of nitrogens with zero attached hydrogens (tertiary/aromatic N) is 4. The normalized spacial score (nSPS) is 18.9. The number of fused-ring (bicyclic) bond motifs is 1. The number of hydrogen-bond acceptors (Lipinski definition) is 4. The molecule has 1 atom stereocenters. The first-order valence-electron chi connectivity index (χ1n) is 10.2. The number of benzene rings is 1. The molecule has 1 aromatic carbocycles. The van der Waals surface area contributed by atoms with E-state index in [0.29, 0.717) is 29.7 Å². The maximum atomic E-state index is 13.5. The number of likely N-dealkylation sites (tertiary alicyclic amines) is 1. The number of rotatable bonds is 6. The summed E-state index contributed by atoms with van der Waals surface area (Å²) < 4.78 is 7.51. The minimum Gasteiger partial charge on any atom is -0.488 e. The lowest BCUT2D eigenvalue weighted by Crippen LogP contribution is -2.44. The fourth-order valence-electron chi connectivity index (χ4n) is 4.23. The highest BCUT2D eigenvalue weighted by Crippen LogP contribution is 2.28. The molecule has 7 heteroatoms. The van der Waals surface area contributed by atoms with E-state index in [2.05, 4.69) is 16.9 Å². The molecule has 1 amide bonds. The Balaban J connectivity index is 1.59. The molecule has 0 spiro atoms. The number of amides is 1. The van der Waals surface area contributed by atoms with Crippen molar-refractivity contribution in [2.45, 2.75) is 32.4 Å². The number of para-hydroxylation sites is 1. The summed E-state index contributed by atoms with van der Waals surface area (Å²) in [5.41, 5.74) is 2.33. The number of carbonyl (C=O) groups is 1. The fraction of sp³-hybridized carbons (Fsp3) is 0.455. The van der Waals surface area contributed by atoms with Gasteiger partial charge in [0, 0.05) is 31.4 Å². The predicted molar refractivity (Wildman–Crippen MR) is 114 cm³/mol. The van der Waals surface area contributed by atoms with E-state index in [1.165, 1.54) is 6.42 Å². The number of aryl methyl sites for hydroxylation is 1. The van der Waals surface area contributed by atoms with Crippen LogP contribution in [0.1, 0.15) is 31.0 Å². The molecule has 1 saturated heterocycles. The fourth-order valence-corrected chi connectivity index (χ4v) is 4.47. The van der Waals surface area contributed by atoms with Crippen LogP contribution in [-0.4, -0.2) is 57.8 Å². The lowest BCUT2D eigenvalue weighted by molar-refractivity contribution is -0.128. The topological polar surface area (TPSA) is 50.6 Å². The summed E-state index contributed by atoms with van der Waals surface area (Å²) in [6, 6.07) is 8.15. The predicted octanol–water partition coefficient (Wildman–Crippen LogP) is 3.36. The van der Waals surface area contributed by atoms with Gasteiger partial charge in [-0.25, -0.2) is 0 Å². The van der Waals surface area contributed by atoms with Crippen LogP contribution in [0.15, 0.2) is 36.0 Å². The van der Waals surface area contributed by atoms with Gasteiger partial charge in [-0.05, 0) is 38.1 Å². The summed E-state index contributed by atoms with van der Waals surface area (Å²) in [5.74, 6) is 0.806. The van der Waals surface area contributed by atoms with Crippen molar-refractivity contribution in [3.05, 3.63) is 52.3 Å². The van der Waals surface area contributed by atoms with Gasteiger partial charge in [0.1, 0.15) is 18.1 Å². The molecule has 0 aliphatic carbocycles. The van der Waals surface area contributed by atoms with Crippen molar-refractivity contribution in [2.75, 3.05) is 26.2 Å². The van der Waals surface area contributed by atoms with Gasteiger partial charge in [0.05, 0.1) is 17.1 Å². The Morgan fingerprint density at radius 3 is 2.97 bits per heavy atom. The van der Waals surface area contributed by atoms with Crippen LogP contribution >= 0.6 is 11.6 Å². The third-order valence-electron chi connectivity index (χ3n) is 5.73. The van der Waals surface area contributed by atoms with Gasteiger partial charge in [0.2, 0.25) is 0 Å². The number of aromatic nitrogens is 2. The zero-order valence-corrected chi connectivity index (χ0v) is 17.7. The Hall–Kier alpha value is -2.31. The molecule has 0 bridgehead atoms. The van der Waals surface area contributed by atoms with Crippen molar-refractivity contribution in [3.63, 3.8) is 0 Å². The highest BCUT2D eigenvalue weighted by molar-refractivity contribution is 6.31. The minimum atomic E-state index is -0.0100. The van der Waals surface area contributed by atoms with Crippen LogP contribution in [0.5, 0.6) is 5.75 Å². The third kappa shape index (κ3) is 4.33. The molecule has 3 heterocycles. The Labute approximate surface area is 176 Å². The van der Waals surface area contributed by atoms with Gasteiger partial charge in [-0.2, -0.15) is 5.10 Å². The van der Waals surface area contributed by atoms with E-state index in [4.69, 9.17) is 16.3 Å². The second-order valence-electron chi connectivity index (χ2n) is 7.70. The smallest absolute Gasteiger partial charge is 0.253 e. The van der Waals surface area contributed by atoms with Crippen LogP contribution in [0.4, 0.5) is 0 Å². The molecular weight excluding hydrogens is 388 g/mol. The van der Waals surface area contributed by atoms with Gasteiger partial charge >= 0.3 is 0 Å². The Bertz CT molecular complexity index is 923. The van der Waals surface area contributed by atoms with Crippen LogP contribution in [0.2, 0.25) is 5.02 Å². The molecule has 1 unspecified atom stereocenters. The Morgan fingerprint density at radius 2 is 2.21 bits per heavy atom. The van der Waals surface area contributed by atoms with Crippen molar-refractivity contribution in [2.24, 2.45) is 7.05 Å². The van der Waals surface area contributed by atoms with Gasteiger partial charge in [0.15, 0.2) is 0 Å². The van der Waals surface area contributed by atoms with E-state index < -0.39 is 0 Å². The molecule has 0 saturated carbocycles. The van der Waals surface area contributed by atoms with Crippen molar-refractivity contribution in [1.29, 1.82) is 0 Å². The SMILES string of the molecule is CCN1CCCC1CN(Cc1nn(C)cc1Cl)C(=O)C1=Cc2ccccc2OC1. The second kappa shape index (κ2) is 8.59. The molecule has 154 valence electrons. The highest BCUT2D eigenvalue weighted by atomic mass is 35.5. The number of hydrogen-bond donors (Lipinski definition) is 0. The van der Waals surface area contributed by atoms with Crippen LogP contribution in [0.3, 0.4) is 0 Å². The number of ether oxygens (including phenoxy) is 1. The molecule has 6 nitrogen and oxygen atoms in total. The second-order valence-corrected chi connectivity index (χ2v) is 8.11. The van der Waals surface area contributed by atoms with Gasteiger partial charge in [0.25, 0.3) is 5.91 Å². The Kier molecular flexibility index (Phi) is 5.92. The van der Waals surface area contributed by atoms with E-state index in [1.807, 2.05) is 42.3 Å². The Morgan fingerprint density at radius 1 is 1.38 bits per heavy atom. The first kappa shape index (κ1) is 20.0. The number of likely N-dealkylation sites (N-methyl/N-ethyl adjacent to an activating group) is 1. The summed E-state index contributed by atoms with van der Waals surface area (Å²) >= 11 is 6.35. The summed E-state index contributed by atoms with van der Waals surface area (Å²) in [5, 5.41) is 5.04. The average molecular weight is 415 g/mol. The summed E-state index contributed by atoms with van der Waals surface area (Å²) in [4.78, 5) is 17.8. The molecule has 2 aromatic rings. The van der Waals surface area contributed by atoms with Crippen molar-refractivity contribution < 1.29 is 9.53 Å². The highest BCUT2D eigenvalue weighted by Gasteiger charge is 2.30. The average Bonchev–Trinajstić information content (AvgIpc) is 3.31. The quantitative estimate of drug-likeness (QED) is 0.727. The van der Waals surface area contributed by atoms with E-state index in [-0.39, 0.29) is 12.5 Å². The van der Waals surface area contributed by atoms with Crippen LogP contribution in [0, 0.1) is 0 Å². The first-order valence-corrected chi connectivity index (χ1v) is 10.6. The number of halogens is 1. The minimum absolute atomic E-state index is 0.0100. The van der Waals surface area contributed by atoms with Gasteiger partial charge in [-0.15, -0.1) is 0 Å². The molecule has 2 aliphatic rings. The molecular formula is C22H27ClN4O2. The lowest BCUT2D eigenvalue weighted by Gasteiger charge is -2.31. The van der Waals surface area contributed by atoms with E-state index in [0.717, 1.165) is 36.5 Å². The van der Waals surface area contributed by atoms with Crippen molar-refractivity contribution >= 4 is 23.6 Å². The lowest BCUT2D eigenvalue weighted by atomic mass is 10.1. The van der Waals surface area contributed by atoms with Crippen molar-refractivity contribution in [1.82, 2.24) is 19.6 Å². The summed E-state index contributed by atoms with van der Waals surface area (Å²) in [6.45, 7) is 5.60. The maximum Gasteiger partial charge on any atom is 0.253 e. The molecule has 2 aliphatic heterocycles. The van der Waals surface area contributed by atoms with Gasteiger partial charge in [-0.1, -0.05) is 36.7 Å². The molecule has 4 rings (SSSR count). The molecule has 29 heavy (non-hydrogen) atoms. The van der Waals surface area contributed by atoms with E-state index in [1.54, 1.807) is 10.9 Å². The summed E-state index contributed by atoms with van der Waals surface area (Å²) in [6.07, 6.45) is 5.99. The first-order chi connectivity index (χ1) is 14.0. The largest absolute Gasteiger partial charge is 0.488 e. The third-order valence-corrected chi connectivity index (χ3v) is 6.04. The monoisotopic (exact) mass is 414 g/mol. The zero-order valence-electron chi connectivity index (χ0n) is 17.0. The van der Waals surface area contributed by atoms with Gasteiger partial charge < -0.3 is 9.64 Å². The zero-order chi connectivity index (χ0) is 20.4. The summed E-state index contributed by atoms with van der Waals surface area (Å²) in [7, 11) is 1.84. The maximum absolute atomic E-state index is 13.5. The molecule has 1 fully saturated rings. The molecule has 0 N–H and O–H groups in total. The van der Waals surface area contributed by atoms with Gasteiger partial charge in [-0.3, -0.25) is 14.4 Å². The number of carbonyl (C=O) groups excluding carboxylic acids is 1. The van der Waals surface area contributed by atoms with E-state index >= 15 is 0 Å². The van der Waals surface area contributed by atoms with Crippen LogP contribution in [-0.2, 0) is 18.4 Å². The van der Waals surface area contributed by atoms with Crippen LogP contribution in [0.25, 0.3) is 6.08 Å².